The van der Waals surface area contributed by atoms with Crippen LogP contribution in [-0.4, -0.2) is 5.78 Å². The fourth-order valence-corrected chi connectivity index (χ4v) is 2.42. The quantitative estimate of drug-likeness (QED) is 0.484. The minimum atomic E-state index is 0.135. The Labute approximate surface area is 67.5 Å². The zero-order valence-corrected chi connectivity index (χ0v) is 7.35. The first-order chi connectivity index (χ1) is 5.02. The van der Waals surface area contributed by atoms with Crippen LogP contribution in [0.3, 0.4) is 0 Å². The van der Waals surface area contributed by atoms with Crippen molar-refractivity contribution in [3.63, 3.8) is 0 Å². The molecular formula is C10H14O. The van der Waals surface area contributed by atoms with E-state index in [1.54, 1.807) is 0 Å². The highest BCUT2D eigenvalue weighted by Crippen LogP contribution is 2.51. The van der Waals surface area contributed by atoms with E-state index in [4.69, 9.17) is 0 Å². The lowest BCUT2D eigenvalue weighted by Crippen LogP contribution is -2.49. The number of Topliss-reactive ketones (excluding diaryl/α,β-unsaturated/α-hetero) is 1. The zero-order chi connectivity index (χ0) is 8.22. The van der Waals surface area contributed by atoms with Crippen LogP contribution >= 0.6 is 0 Å². The SMILES string of the molecule is CC1=CC(C)(C)C2CC1C2=O. The molecule has 0 heterocycles. The van der Waals surface area contributed by atoms with Gasteiger partial charge in [0.1, 0.15) is 5.78 Å². The summed E-state index contributed by atoms with van der Waals surface area (Å²) in [7, 11) is 0. The summed E-state index contributed by atoms with van der Waals surface area (Å²) >= 11 is 0. The lowest BCUT2D eigenvalue weighted by molar-refractivity contribution is -0.139. The third-order valence-electron chi connectivity index (χ3n) is 3.21. The Hall–Kier alpha value is -0.590. The van der Waals surface area contributed by atoms with Crippen molar-refractivity contribution in [3.8, 4) is 0 Å². The molecule has 3 aliphatic carbocycles. The van der Waals surface area contributed by atoms with E-state index in [1.165, 1.54) is 5.57 Å². The average Bonchev–Trinajstić information content (AvgIpc) is 1.80. The van der Waals surface area contributed by atoms with Gasteiger partial charge in [-0.05, 0) is 18.8 Å². The molecular weight excluding hydrogens is 136 g/mol. The van der Waals surface area contributed by atoms with Gasteiger partial charge < -0.3 is 0 Å². The van der Waals surface area contributed by atoms with Crippen molar-refractivity contribution in [1.82, 2.24) is 0 Å². The summed E-state index contributed by atoms with van der Waals surface area (Å²) in [6.07, 6.45) is 3.38. The van der Waals surface area contributed by atoms with Crippen molar-refractivity contribution in [1.29, 1.82) is 0 Å². The molecule has 11 heavy (non-hydrogen) atoms. The van der Waals surface area contributed by atoms with E-state index in [-0.39, 0.29) is 5.41 Å². The number of rotatable bonds is 0. The van der Waals surface area contributed by atoms with Gasteiger partial charge in [0.05, 0.1) is 0 Å². The molecule has 3 rings (SSSR count). The summed E-state index contributed by atoms with van der Waals surface area (Å²) in [6, 6.07) is 0. The van der Waals surface area contributed by atoms with Gasteiger partial charge in [-0.25, -0.2) is 0 Å². The van der Waals surface area contributed by atoms with Gasteiger partial charge in [0.25, 0.3) is 0 Å². The van der Waals surface area contributed by atoms with Crippen LogP contribution in [-0.2, 0) is 4.79 Å². The Balaban J connectivity index is 2.43. The number of carbonyl (C=O) groups excluding carboxylic acids is 1. The molecule has 60 valence electrons. The summed E-state index contributed by atoms with van der Waals surface area (Å²) in [5.41, 5.74) is 1.43. The normalized spacial score (nSPS) is 39.5. The standard InChI is InChI=1S/C10H14O/c1-6-5-10(2,3)8-4-7(6)9(8)11/h5,7-8H,4H2,1-3H3. The Kier molecular flexibility index (Phi) is 1.14. The predicted molar refractivity (Wildman–Crippen MR) is 44.1 cm³/mol. The van der Waals surface area contributed by atoms with Gasteiger partial charge in [-0.1, -0.05) is 25.5 Å². The Morgan fingerprint density at radius 2 is 2.18 bits per heavy atom. The van der Waals surface area contributed by atoms with Crippen LogP contribution in [0.25, 0.3) is 0 Å². The highest BCUT2D eigenvalue weighted by Gasteiger charge is 2.51. The van der Waals surface area contributed by atoms with E-state index in [2.05, 4.69) is 26.8 Å². The van der Waals surface area contributed by atoms with Gasteiger partial charge in [0.15, 0.2) is 0 Å². The lowest BCUT2D eigenvalue weighted by atomic mass is 9.54. The van der Waals surface area contributed by atoms with E-state index in [0.29, 0.717) is 17.6 Å². The first kappa shape index (κ1) is 7.08. The van der Waals surface area contributed by atoms with Crippen LogP contribution in [0.4, 0.5) is 0 Å². The van der Waals surface area contributed by atoms with Crippen LogP contribution in [0.15, 0.2) is 11.6 Å². The molecule has 2 bridgehead atoms. The van der Waals surface area contributed by atoms with E-state index < -0.39 is 0 Å². The van der Waals surface area contributed by atoms with E-state index in [1.807, 2.05) is 0 Å². The molecule has 0 radical (unpaired) electrons. The fraction of sp³-hybridized carbons (Fsp3) is 0.700. The molecule has 1 fully saturated rings. The van der Waals surface area contributed by atoms with Crippen LogP contribution in [0.1, 0.15) is 27.2 Å². The van der Waals surface area contributed by atoms with E-state index in [9.17, 15) is 4.79 Å². The number of hydrogen-bond donors (Lipinski definition) is 0. The highest BCUT2D eigenvalue weighted by molar-refractivity contribution is 5.93. The average molecular weight is 150 g/mol. The van der Waals surface area contributed by atoms with Gasteiger partial charge in [-0.3, -0.25) is 4.79 Å². The Bertz CT molecular complexity index is 248. The maximum atomic E-state index is 11.4. The van der Waals surface area contributed by atoms with Crippen molar-refractivity contribution >= 4 is 5.78 Å². The van der Waals surface area contributed by atoms with Crippen molar-refractivity contribution in [2.75, 3.05) is 0 Å². The molecule has 0 N–H and O–H groups in total. The van der Waals surface area contributed by atoms with Crippen molar-refractivity contribution in [2.24, 2.45) is 17.3 Å². The minimum absolute atomic E-state index is 0.135. The number of fused-ring (bicyclic) bond motifs is 1. The summed E-state index contributed by atoms with van der Waals surface area (Å²) in [5.74, 6) is 1.11. The molecule has 0 aliphatic heterocycles. The maximum Gasteiger partial charge on any atom is 0.143 e. The Morgan fingerprint density at radius 3 is 2.55 bits per heavy atom. The molecule has 1 nitrogen and oxygen atoms in total. The predicted octanol–water partition coefficient (Wildman–Crippen LogP) is 2.18. The van der Waals surface area contributed by atoms with E-state index in [0.717, 1.165) is 6.42 Å². The monoisotopic (exact) mass is 150 g/mol. The first-order valence-corrected chi connectivity index (χ1v) is 4.25. The summed E-state index contributed by atoms with van der Waals surface area (Å²) in [5, 5.41) is 0. The molecule has 0 saturated heterocycles. The molecule has 0 aromatic rings. The van der Waals surface area contributed by atoms with Crippen LogP contribution in [0.2, 0.25) is 0 Å². The zero-order valence-electron chi connectivity index (χ0n) is 7.35. The molecule has 2 atom stereocenters. The third-order valence-corrected chi connectivity index (χ3v) is 3.21. The van der Waals surface area contributed by atoms with Gasteiger partial charge in [0.2, 0.25) is 0 Å². The van der Waals surface area contributed by atoms with Crippen LogP contribution in [0.5, 0.6) is 0 Å². The largest absolute Gasteiger partial charge is 0.299 e. The van der Waals surface area contributed by atoms with Crippen molar-refractivity contribution in [3.05, 3.63) is 11.6 Å². The van der Waals surface area contributed by atoms with Crippen LogP contribution < -0.4 is 0 Å². The van der Waals surface area contributed by atoms with Gasteiger partial charge >= 0.3 is 0 Å². The minimum Gasteiger partial charge on any atom is -0.299 e. The molecule has 0 amide bonds. The summed E-state index contributed by atoms with van der Waals surface area (Å²) in [6.45, 7) is 6.41. The highest BCUT2D eigenvalue weighted by atomic mass is 16.1. The molecule has 2 unspecified atom stereocenters. The topological polar surface area (TPSA) is 17.1 Å². The molecule has 1 heteroatoms. The number of allylic oxidation sites excluding steroid dienone is 2. The molecule has 0 spiro atoms. The Morgan fingerprint density at radius 1 is 1.55 bits per heavy atom. The number of hydrogen-bond acceptors (Lipinski definition) is 1. The number of ketones is 1. The van der Waals surface area contributed by atoms with Gasteiger partial charge in [-0.2, -0.15) is 0 Å². The second-order valence-corrected chi connectivity index (χ2v) is 4.45. The molecule has 1 saturated carbocycles. The van der Waals surface area contributed by atoms with Crippen molar-refractivity contribution < 1.29 is 4.79 Å². The third kappa shape index (κ3) is 0.741. The van der Waals surface area contributed by atoms with E-state index >= 15 is 0 Å². The molecule has 3 aliphatic rings. The first-order valence-electron chi connectivity index (χ1n) is 4.25. The second-order valence-electron chi connectivity index (χ2n) is 4.45. The van der Waals surface area contributed by atoms with Gasteiger partial charge in [0, 0.05) is 11.8 Å². The fourth-order valence-electron chi connectivity index (χ4n) is 2.42. The summed E-state index contributed by atoms with van der Waals surface area (Å²) < 4.78 is 0. The molecule has 0 aromatic carbocycles. The van der Waals surface area contributed by atoms with Crippen molar-refractivity contribution in [2.45, 2.75) is 27.2 Å². The number of carbonyl (C=O) groups is 1. The molecule has 0 aromatic heterocycles. The van der Waals surface area contributed by atoms with Crippen LogP contribution in [0, 0.1) is 17.3 Å². The lowest BCUT2D eigenvalue weighted by Gasteiger charge is -2.48. The summed E-state index contributed by atoms with van der Waals surface area (Å²) in [4.78, 5) is 11.4. The smallest absolute Gasteiger partial charge is 0.143 e. The maximum absolute atomic E-state index is 11.4. The van der Waals surface area contributed by atoms with Gasteiger partial charge in [-0.15, -0.1) is 0 Å². The second kappa shape index (κ2) is 1.77.